The van der Waals surface area contributed by atoms with Crippen molar-refractivity contribution in [3.8, 4) is 0 Å². The van der Waals surface area contributed by atoms with Crippen LogP contribution in [0.25, 0.3) is 0 Å². The number of carboxylic acid groups (broad SMARTS) is 1. The number of aliphatic hydroxyl groups is 1. The van der Waals surface area contributed by atoms with Crippen molar-refractivity contribution in [3.05, 3.63) is 39.9 Å². The second kappa shape index (κ2) is 9.61. The molecule has 0 heterocycles. The van der Waals surface area contributed by atoms with Gasteiger partial charge in [0.1, 0.15) is 0 Å². The summed E-state index contributed by atoms with van der Waals surface area (Å²) in [6, 6.07) is 4.22. The number of rotatable bonds is 6. The summed E-state index contributed by atoms with van der Waals surface area (Å²) in [6.45, 7) is 0. The molecule has 29 heavy (non-hydrogen) atoms. The van der Waals surface area contributed by atoms with Gasteiger partial charge in [-0.1, -0.05) is 34.9 Å². The molecule has 7 nitrogen and oxygen atoms in total. The highest BCUT2D eigenvalue weighted by atomic mass is 35.5. The second-order valence-corrected chi connectivity index (χ2v) is 8.29. The van der Waals surface area contributed by atoms with Gasteiger partial charge in [0.15, 0.2) is 0 Å². The molecule has 2 aliphatic carbocycles. The SMILES string of the molecule is O=C(O)CC/C=C1\C[C@H]2C[C@@H](O)[C@H](/C=N/NC(=O)Nc3ccc(Cl)c(Cl)c3)[C@H]2C1. The first kappa shape index (κ1) is 21.6. The number of nitrogens with zero attached hydrogens (tertiary/aromatic N) is 1. The molecule has 156 valence electrons. The van der Waals surface area contributed by atoms with Crippen LogP contribution in [0.1, 0.15) is 32.1 Å². The Bertz CT molecular complexity index is 843. The number of amides is 2. The van der Waals surface area contributed by atoms with Gasteiger partial charge < -0.3 is 15.5 Å². The zero-order valence-corrected chi connectivity index (χ0v) is 17.2. The third kappa shape index (κ3) is 5.72. The molecule has 0 bridgehead atoms. The Hall–Kier alpha value is -2.09. The van der Waals surface area contributed by atoms with E-state index in [1.807, 2.05) is 6.08 Å². The smallest absolute Gasteiger partial charge is 0.339 e. The van der Waals surface area contributed by atoms with Crippen LogP contribution in [0.5, 0.6) is 0 Å². The predicted molar refractivity (Wildman–Crippen MR) is 112 cm³/mol. The number of aliphatic hydroxyl groups excluding tert-OH is 1. The number of carbonyl (C=O) groups is 2. The molecule has 0 aromatic heterocycles. The highest BCUT2D eigenvalue weighted by molar-refractivity contribution is 6.42. The van der Waals surface area contributed by atoms with E-state index in [4.69, 9.17) is 28.3 Å². The Morgan fingerprint density at radius 3 is 2.76 bits per heavy atom. The minimum atomic E-state index is -0.800. The molecule has 0 unspecified atom stereocenters. The number of aliphatic carboxylic acids is 1. The number of hydrogen-bond acceptors (Lipinski definition) is 4. The van der Waals surface area contributed by atoms with Crippen LogP contribution in [0, 0.1) is 17.8 Å². The largest absolute Gasteiger partial charge is 0.481 e. The van der Waals surface area contributed by atoms with E-state index in [1.54, 1.807) is 18.3 Å². The molecule has 4 N–H and O–H groups in total. The number of carboxylic acids is 1. The lowest BCUT2D eigenvalue weighted by Crippen LogP contribution is -2.27. The zero-order chi connectivity index (χ0) is 21.0. The monoisotopic (exact) mass is 439 g/mol. The van der Waals surface area contributed by atoms with Gasteiger partial charge in [0.25, 0.3) is 0 Å². The van der Waals surface area contributed by atoms with Crippen molar-refractivity contribution in [1.82, 2.24) is 5.43 Å². The van der Waals surface area contributed by atoms with E-state index in [1.165, 1.54) is 11.6 Å². The Morgan fingerprint density at radius 2 is 2.03 bits per heavy atom. The summed E-state index contributed by atoms with van der Waals surface area (Å²) in [5, 5.41) is 26.4. The van der Waals surface area contributed by atoms with E-state index in [9.17, 15) is 14.7 Å². The summed E-state index contributed by atoms with van der Waals surface area (Å²) in [7, 11) is 0. The Kier molecular flexibility index (Phi) is 7.16. The van der Waals surface area contributed by atoms with E-state index in [-0.39, 0.29) is 18.3 Å². The Balaban J connectivity index is 1.52. The maximum Gasteiger partial charge on any atom is 0.339 e. The van der Waals surface area contributed by atoms with Crippen molar-refractivity contribution >= 4 is 47.1 Å². The fourth-order valence-corrected chi connectivity index (χ4v) is 4.49. The third-order valence-corrected chi connectivity index (χ3v) is 6.23. The molecule has 2 amide bonds. The van der Waals surface area contributed by atoms with Crippen LogP contribution in [0.3, 0.4) is 0 Å². The summed E-state index contributed by atoms with van der Waals surface area (Å²) in [6.07, 6.45) is 6.18. The number of benzene rings is 1. The summed E-state index contributed by atoms with van der Waals surface area (Å²) in [4.78, 5) is 22.6. The molecule has 2 aliphatic rings. The van der Waals surface area contributed by atoms with Crippen molar-refractivity contribution in [2.75, 3.05) is 5.32 Å². The van der Waals surface area contributed by atoms with Crippen LogP contribution in [0.15, 0.2) is 34.9 Å². The average molecular weight is 440 g/mol. The van der Waals surface area contributed by atoms with Gasteiger partial charge in [0.05, 0.1) is 16.1 Å². The molecular formula is C20H23Cl2N3O4. The maximum absolute atomic E-state index is 12.0. The van der Waals surface area contributed by atoms with Gasteiger partial charge in [-0.25, -0.2) is 10.2 Å². The number of urea groups is 1. The minimum Gasteiger partial charge on any atom is -0.481 e. The average Bonchev–Trinajstić information content (AvgIpc) is 3.15. The first-order valence-corrected chi connectivity index (χ1v) is 10.2. The molecule has 3 rings (SSSR count). The van der Waals surface area contributed by atoms with Crippen LogP contribution in [-0.4, -0.2) is 34.5 Å². The van der Waals surface area contributed by atoms with Gasteiger partial charge in [-0.2, -0.15) is 5.10 Å². The number of allylic oxidation sites excluding steroid dienone is 2. The molecular weight excluding hydrogens is 417 g/mol. The molecule has 2 saturated carbocycles. The third-order valence-electron chi connectivity index (χ3n) is 5.49. The predicted octanol–water partition coefficient (Wildman–Crippen LogP) is 4.30. The van der Waals surface area contributed by atoms with Crippen molar-refractivity contribution in [3.63, 3.8) is 0 Å². The number of anilines is 1. The molecule has 0 radical (unpaired) electrons. The molecule has 4 atom stereocenters. The molecule has 9 heteroatoms. The molecule has 2 fully saturated rings. The number of hydrogen-bond donors (Lipinski definition) is 4. The fraction of sp³-hybridized carbons (Fsp3) is 0.450. The molecule has 0 spiro atoms. The highest BCUT2D eigenvalue weighted by Gasteiger charge is 2.45. The number of hydrazone groups is 1. The number of carbonyl (C=O) groups excluding carboxylic acids is 1. The van der Waals surface area contributed by atoms with E-state index in [0.717, 1.165) is 12.8 Å². The number of nitrogens with one attached hydrogen (secondary N) is 2. The Morgan fingerprint density at radius 1 is 1.24 bits per heavy atom. The Labute approximate surface area is 178 Å². The van der Waals surface area contributed by atoms with Gasteiger partial charge in [-0.3, -0.25) is 4.79 Å². The van der Waals surface area contributed by atoms with Crippen LogP contribution < -0.4 is 10.7 Å². The van der Waals surface area contributed by atoms with Crippen LogP contribution in [-0.2, 0) is 4.79 Å². The van der Waals surface area contributed by atoms with Gasteiger partial charge in [0.2, 0.25) is 0 Å². The minimum absolute atomic E-state index is 0.129. The fourth-order valence-electron chi connectivity index (χ4n) is 4.19. The summed E-state index contributed by atoms with van der Waals surface area (Å²) in [5.74, 6) is -0.325. The van der Waals surface area contributed by atoms with E-state index in [0.29, 0.717) is 34.5 Å². The lowest BCUT2D eigenvalue weighted by Gasteiger charge is -2.16. The quantitative estimate of drug-likeness (QED) is 0.300. The van der Waals surface area contributed by atoms with Gasteiger partial charge >= 0.3 is 12.0 Å². The molecule has 1 aromatic rings. The van der Waals surface area contributed by atoms with Crippen LogP contribution in [0.4, 0.5) is 10.5 Å². The summed E-state index contributed by atoms with van der Waals surface area (Å²) >= 11 is 11.8. The van der Waals surface area contributed by atoms with E-state index >= 15 is 0 Å². The van der Waals surface area contributed by atoms with Gasteiger partial charge in [-0.15, -0.1) is 0 Å². The maximum atomic E-state index is 12.0. The normalized spacial score (nSPS) is 27.3. The zero-order valence-electron chi connectivity index (χ0n) is 15.6. The molecule has 1 aromatic carbocycles. The summed E-state index contributed by atoms with van der Waals surface area (Å²) in [5.41, 5.74) is 4.14. The molecule has 0 aliphatic heterocycles. The standard InChI is InChI=1S/C20H23Cl2N3O4/c21-16-5-4-13(9-17(16)22)24-20(29)25-23-10-15-14-7-11(2-1-3-19(27)28)6-12(14)8-18(15)26/h2,4-5,9-10,12,14-15,18,26H,1,3,6-8H2,(H,27,28)(H2,24,25,29)/b11-2+,23-10+/t12-,14-,15+,18+/m0/s1. The van der Waals surface area contributed by atoms with Crippen molar-refractivity contribution in [2.45, 2.75) is 38.2 Å². The number of halogens is 2. The van der Waals surface area contributed by atoms with Crippen molar-refractivity contribution < 1.29 is 19.8 Å². The van der Waals surface area contributed by atoms with Crippen molar-refractivity contribution in [2.24, 2.45) is 22.9 Å². The van der Waals surface area contributed by atoms with Crippen LogP contribution >= 0.6 is 23.2 Å². The first-order chi connectivity index (χ1) is 13.8. The lowest BCUT2D eigenvalue weighted by atomic mass is 9.92. The summed E-state index contributed by atoms with van der Waals surface area (Å²) < 4.78 is 0. The molecule has 0 saturated heterocycles. The van der Waals surface area contributed by atoms with E-state index < -0.39 is 18.1 Å². The highest BCUT2D eigenvalue weighted by Crippen LogP contribution is 2.49. The van der Waals surface area contributed by atoms with E-state index in [2.05, 4.69) is 15.8 Å². The lowest BCUT2D eigenvalue weighted by molar-refractivity contribution is -0.136. The second-order valence-electron chi connectivity index (χ2n) is 7.48. The topological polar surface area (TPSA) is 111 Å². The van der Waals surface area contributed by atoms with Gasteiger partial charge in [0, 0.05) is 24.2 Å². The van der Waals surface area contributed by atoms with Crippen LogP contribution in [0.2, 0.25) is 10.0 Å². The van der Waals surface area contributed by atoms with Gasteiger partial charge in [-0.05, 0) is 55.7 Å². The first-order valence-electron chi connectivity index (χ1n) is 9.46. The number of fused-ring (bicyclic) bond motifs is 1. The van der Waals surface area contributed by atoms with Crippen molar-refractivity contribution in [1.29, 1.82) is 0 Å².